The molecule has 1 saturated heterocycles. The number of aromatic carboxylic acids is 1. The molecule has 3 atom stereocenters. The van der Waals surface area contributed by atoms with Crippen molar-refractivity contribution in [2.24, 2.45) is 11.7 Å². The highest BCUT2D eigenvalue weighted by molar-refractivity contribution is 5.93. The molecule has 1 aromatic carbocycles. The van der Waals surface area contributed by atoms with Crippen molar-refractivity contribution in [3.8, 4) is 0 Å². The summed E-state index contributed by atoms with van der Waals surface area (Å²) in [6.45, 7) is 1.31. The Labute approximate surface area is 159 Å². The molecule has 2 heterocycles. The summed E-state index contributed by atoms with van der Waals surface area (Å²) in [4.78, 5) is 25.9. The molecule has 0 unspecified atom stereocenters. The average molecular weight is 389 g/mol. The van der Waals surface area contributed by atoms with Crippen LogP contribution in [0.25, 0.3) is 10.9 Å². The molecule has 1 aromatic heterocycles. The van der Waals surface area contributed by atoms with Crippen molar-refractivity contribution in [1.82, 2.24) is 4.57 Å². The quantitative estimate of drug-likeness (QED) is 0.839. The van der Waals surface area contributed by atoms with Crippen LogP contribution in [-0.2, 0) is 0 Å². The molecule has 2 aromatic rings. The number of rotatable bonds is 4. The molecule has 8 heteroatoms. The van der Waals surface area contributed by atoms with E-state index < -0.39 is 35.0 Å². The normalized spacial score (nSPS) is 28.0. The number of pyridine rings is 1. The third kappa shape index (κ3) is 2.62. The average Bonchev–Trinajstić information content (AvgIpc) is 3.51. The molecule has 0 amide bonds. The molecule has 3 N–H and O–H groups in total. The Kier molecular flexibility index (Phi) is 3.62. The molecule has 6 nitrogen and oxygen atoms in total. The lowest BCUT2D eigenvalue weighted by Gasteiger charge is -2.23. The molecule has 2 saturated carbocycles. The number of carbonyl (C=O) groups is 1. The van der Waals surface area contributed by atoms with Crippen molar-refractivity contribution in [2.75, 3.05) is 18.0 Å². The SMILES string of the molecule is NC1([C@@H]2CCN(c3cc4c(cc3F)c(=O)c(C(=O)O)cn4[C@@H]3C[C@@H]3F)C2)CC1. The highest BCUT2D eigenvalue weighted by atomic mass is 19.1. The maximum absolute atomic E-state index is 14.9. The number of carboxylic acid groups (broad SMARTS) is 1. The van der Waals surface area contributed by atoms with Crippen molar-refractivity contribution < 1.29 is 18.7 Å². The molecule has 0 bridgehead atoms. The number of aromatic nitrogens is 1. The molecule has 5 rings (SSSR count). The Morgan fingerprint density at radius 3 is 2.64 bits per heavy atom. The Balaban J connectivity index is 1.62. The van der Waals surface area contributed by atoms with Crippen LogP contribution in [-0.4, -0.2) is 40.4 Å². The molecular weight excluding hydrogens is 368 g/mol. The third-order valence-corrected chi connectivity index (χ3v) is 6.54. The van der Waals surface area contributed by atoms with Gasteiger partial charge in [0, 0.05) is 36.6 Å². The minimum Gasteiger partial charge on any atom is -0.477 e. The van der Waals surface area contributed by atoms with Crippen molar-refractivity contribution in [2.45, 2.75) is 43.4 Å². The zero-order chi connectivity index (χ0) is 19.8. The predicted molar refractivity (Wildman–Crippen MR) is 100 cm³/mol. The number of nitrogens with two attached hydrogens (primary N) is 1. The summed E-state index contributed by atoms with van der Waals surface area (Å²) >= 11 is 0. The van der Waals surface area contributed by atoms with E-state index in [1.165, 1.54) is 10.8 Å². The number of benzene rings is 1. The summed E-state index contributed by atoms with van der Waals surface area (Å²) in [7, 11) is 0. The number of carboxylic acids is 1. The molecule has 28 heavy (non-hydrogen) atoms. The van der Waals surface area contributed by atoms with Gasteiger partial charge in [0.1, 0.15) is 17.6 Å². The predicted octanol–water partition coefficient (Wildman–Crippen LogP) is 2.44. The van der Waals surface area contributed by atoms with E-state index in [-0.39, 0.29) is 17.3 Å². The summed E-state index contributed by atoms with van der Waals surface area (Å²) in [6.07, 6.45) is 3.21. The van der Waals surface area contributed by atoms with Gasteiger partial charge in [0.2, 0.25) is 5.43 Å². The summed E-state index contributed by atoms with van der Waals surface area (Å²) in [5, 5.41) is 9.27. The van der Waals surface area contributed by atoms with Crippen molar-refractivity contribution in [3.63, 3.8) is 0 Å². The van der Waals surface area contributed by atoms with Crippen LogP contribution in [0.5, 0.6) is 0 Å². The number of halogens is 2. The molecule has 0 spiro atoms. The van der Waals surface area contributed by atoms with Crippen LogP contribution in [0.1, 0.15) is 42.1 Å². The van der Waals surface area contributed by atoms with E-state index in [0.29, 0.717) is 30.2 Å². The molecule has 1 aliphatic heterocycles. The monoisotopic (exact) mass is 389 g/mol. The molecular formula is C20H21F2N3O3. The highest BCUT2D eigenvalue weighted by Crippen LogP contribution is 2.45. The maximum atomic E-state index is 14.9. The minimum absolute atomic E-state index is 0.0338. The van der Waals surface area contributed by atoms with Crippen molar-refractivity contribution >= 4 is 22.6 Å². The number of hydrogen-bond donors (Lipinski definition) is 2. The Bertz CT molecular complexity index is 1060. The largest absolute Gasteiger partial charge is 0.477 e. The van der Waals surface area contributed by atoms with Crippen LogP contribution in [0.4, 0.5) is 14.5 Å². The van der Waals surface area contributed by atoms with Gasteiger partial charge in [0.05, 0.1) is 17.2 Å². The number of hydrogen-bond acceptors (Lipinski definition) is 4. The number of anilines is 1. The van der Waals surface area contributed by atoms with E-state index in [2.05, 4.69) is 0 Å². The standard InChI is InChI=1S/C20H21F2N3O3/c21-13-5-11-15(7-16(13)24-4-1-10(8-24)20(23)2-3-20)25(17-6-14(17)22)9-12(18(11)26)19(27)28/h5,7,9-10,14,17H,1-4,6,8,23H2,(H,27,28)/t10-,14+,17-/m1/s1. The van der Waals surface area contributed by atoms with Gasteiger partial charge in [-0.15, -0.1) is 0 Å². The fourth-order valence-corrected chi connectivity index (χ4v) is 4.47. The second kappa shape index (κ2) is 5.76. The van der Waals surface area contributed by atoms with Gasteiger partial charge in [-0.05, 0) is 37.3 Å². The first kappa shape index (κ1) is 17.6. The Hall–Kier alpha value is -2.48. The fraction of sp³-hybridized carbons (Fsp3) is 0.500. The van der Waals surface area contributed by atoms with E-state index in [0.717, 1.165) is 25.3 Å². The lowest BCUT2D eigenvalue weighted by molar-refractivity contribution is 0.0694. The van der Waals surface area contributed by atoms with Gasteiger partial charge in [0.25, 0.3) is 0 Å². The van der Waals surface area contributed by atoms with E-state index in [1.54, 1.807) is 6.07 Å². The number of nitrogens with zero attached hydrogens (tertiary/aromatic N) is 2. The lowest BCUT2D eigenvalue weighted by atomic mass is 9.97. The summed E-state index contributed by atoms with van der Waals surface area (Å²) in [5.41, 5.74) is 5.66. The summed E-state index contributed by atoms with van der Waals surface area (Å²) < 4.78 is 30.1. The van der Waals surface area contributed by atoms with Crippen LogP contribution in [0.15, 0.2) is 23.1 Å². The second-order valence-corrected chi connectivity index (χ2v) is 8.39. The maximum Gasteiger partial charge on any atom is 0.341 e. The highest BCUT2D eigenvalue weighted by Gasteiger charge is 2.48. The van der Waals surface area contributed by atoms with Crippen molar-refractivity contribution in [1.29, 1.82) is 0 Å². The van der Waals surface area contributed by atoms with Crippen LogP contribution in [0, 0.1) is 11.7 Å². The van der Waals surface area contributed by atoms with Crippen LogP contribution < -0.4 is 16.1 Å². The fourth-order valence-electron chi connectivity index (χ4n) is 4.47. The third-order valence-electron chi connectivity index (χ3n) is 6.54. The molecule has 3 fully saturated rings. The lowest BCUT2D eigenvalue weighted by Crippen LogP contribution is -2.34. The van der Waals surface area contributed by atoms with Gasteiger partial charge in [0.15, 0.2) is 0 Å². The van der Waals surface area contributed by atoms with E-state index in [4.69, 9.17) is 5.73 Å². The van der Waals surface area contributed by atoms with Gasteiger partial charge in [-0.3, -0.25) is 4.79 Å². The Morgan fingerprint density at radius 2 is 2.04 bits per heavy atom. The molecule has 2 aliphatic carbocycles. The van der Waals surface area contributed by atoms with Gasteiger partial charge >= 0.3 is 5.97 Å². The first-order valence-corrected chi connectivity index (χ1v) is 9.58. The van der Waals surface area contributed by atoms with E-state index >= 15 is 0 Å². The first-order chi connectivity index (χ1) is 13.3. The first-order valence-electron chi connectivity index (χ1n) is 9.58. The van der Waals surface area contributed by atoms with Gasteiger partial charge in [-0.1, -0.05) is 0 Å². The van der Waals surface area contributed by atoms with Crippen molar-refractivity contribution in [3.05, 3.63) is 39.9 Å². The topological polar surface area (TPSA) is 88.6 Å². The zero-order valence-electron chi connectivity index (χ0n) is 15.2. The van der Waals surface area contributed by atoms with Crippen LogP contribution >= 0.6 is 0 Å². The van der Waals surface area contributed by atoms with Crippen LogP contribution in [0.3, 0.4) is 0 Å². The molecule has 3 aliphatic rings. The smallest absolute Gasteiger partial charge is 0.341 e. The summed E-state index contributed by atoms with van der Waals surface area (Å²) in [6, 6.07) is 2.12. The van der Waals surface area contributed by atoms with E-state index in [9.17, 15) is 23.5 Å². The second-order valence-electron chi connectivity index (χ2n) is 8.39. The Morgan fingerprint density at radius 1 is 1.32 bits per heavy atom. The number of fused-ring (bicyclic) bond motifs is 1. The van der Waals surface area contributed by atoms with Gasteiger partial charge in [-0.25, -0.2) is 13.6 Å². The molecule has 148 valence electrons. The molecule has 0 radical (unpaired) electrons. The minimum atomic E-state index is -1.40. The summed E-state index contributed by atoms with van der Waals surface area (Å²) in [5.74, 6) is -1.67. The van der Waals surface area contributed by atoms with E-state index in [1.807, 2.05) is 4.90 Å². The zero-order valence-corrected chi connectivity index (χ0v) is 15.2. The van der Waals surface area contributed by atoms with Crippen LogP contribution in [0.2, 0.25) is 0 Å². The number of alkyl halides is 1. The van der Waals surface area contributed by atoms with Gasteiger partial charge < -0.3 is 20.3 Å². The van der Waals surface area contributed by atoms with Gasteiger partial charge in [-0.2, -0.15) is 0 Å².